The molecule has 2 rings (SSSR count). The van der Waals surface area contributed by atoms with Crippen LogP contribution in [0.15, 0.2) is 21.9 Å². The molecule has 1 aromatic heterocycles. The maximum Gasteiger partial charge on any atom is 0.330 e. The highest BCUT2D eigenvalue weighted by molar-refractivity contribution is 7.55. The van der Waals surface area contributed by atoms with Gasteiger partial charge >= 0.3 is 5.69 Å². The first-order chi connectivity index (χ1) is 10.8. The van der Waals surface area contributed by atoms with Crippen molar-refractivity contribution in [2.45, 2.75) is 31.0 Å². The number of nitrogens with one attached hydrogen (secondary N) is 1. The highest BCUT2D eigenvalue weighted by Gasteiger charge is 2.46. The third kappa shape index (κ3) is 4.17. The molecule has 0 aromatic carbocycles. The standard InChI is InChI=1S/C12H20N3O7P/c1-20-9-7(4-6-23(13,18)19)22-11(10(9)21-2)15-5-3-8(16)14-12(15)17/h3,5,7,9-11H,4,6H2,1-2H3,(H3,13,18,19)(H,14,16,17)/t7-,9?,10?,11-/m1/s1. The van der Waals surface area contributed by atoms with Crippen molar-refractivity contribution in [3.8, 4) is 0 Å². The fourth-order valence-electron chi connectivity index (χ4n) is 2.64. The molecular formula is C12H20N3O7P. The molecule has 1 aliphatic rings. The van der Waals surface area contributed by atoms with Crippen molar-refractivity contribution >= 4 is 7.52 Å². The zero-order valence-electron chi connectivity index (χ0n) is 12.7. The summed E-state index contributed by atoms with van der Waals surface area (Å²) in [7, 11) is -0.797. The second-order valence-corrected chi connectivity index (χ2v) is 7.21. The fraction of sp³-hybridized carbons (Fsp3) is 0.667. The van der Waals surface area contributed by atoms with Crippen LogP contribution in [0.1, 0.15) is 12.6 Å². The highest BCUT2D eigenvalue weighted by atomic mass is 31.2. The number of aromatic amines is 1. The van der Waals surface area contributed by atoms with Crippen LogP contribution >= 0.6 is 7.52 Å². The Morgan fingerprint density at radius 2 is 2.04 bits per heavy atom. The SMILES string of the molecule is COC1C(OC)[C@@H](CCP(N)(=O)O)O[C@H]1n1ccc(=O)[nH]c1=O. The lowest BCUT2D eigenvalue weighted by Gasteiger charge is -2.22. The summed E-state index contributed by atoms with van der Waals surface area (Å²) in [6.45, 7) is 0. The van der Waals surface area contributed by atoms with Crippen molar-refractivity contribution in [1.29, 1.82) is 0 Å². The van der Waals surface area contributed by atoms with Crippen LogP contribution in [0.5, 0.6) is 0 Å². The molecule has 1 aromatic rings. The lowest BCUT2D eigenvalue weighted by Crippen LogP contribution is -2.39. The van der Waals surface area contributed by atoms with Crippen LogP contribution in [0.25, 0.3) is 0 Å². The van der Waals surface area contributed by atoms with Crippen molar-refractivity contribution < 1.29 is 23.7 Å². The minimum Gasteiger partial charge on any atom is -0.376 e. The Balaban J connectivity index is 2.28. The second kappa shape index (κ2) is 7.08. The first-order valence-corrected chi connectivity index (χ1v) is 8.81. The van der Waals surface area contributed by atoms with Crippen molar-refractivity contribution in [2.24, 2.45) is 5.50 Å². The molecule has 5 atom stereocenters. The van der Waals surface area contributed by atoms with Gasteiger partial charge in [-0.2, -0.15) is 0 Å². The quantitative estimate of drug-likeness (QED) is 0.554. The molecule has 0 bridgehead atoms. The summed E-state index contributed by atoms with van der Waals surface area (Å²) in [5.41, 5.74) is 3.97. The summed E-state index contributed by atoms with van der Waals surface area (Å²) in [5.74, 6) is 0. The Morgan fingerprint density at radius 1 is 1.39 bits per heavy atom. The van der Waals surface area contributed by atoms with Gasteiger partial charge in [-0.1, -0.05) is 0 Å². The van der Waals surface area contributed by atoms with Gasteiger partial charge < -0.3 is 19.1 Å². The fourth-order valence-corrected chi connectivity index (χ4v) is 3.26. The largest absolute Gasteiger partial charge is 0.376 e. The highest BCUT2D eigenvalue weighted by Crippen LogP contribution is 2.38. The molecule has 0 radical (unpaired) electrons. The molecule has 0 aliphatic carbocycles. The molecule has 0 saturated carbocycles. The number of hydrogen-bond acceptors (Lipinski definition) is 6. The van der Waals surface area contributed by atoms with Gasteiger partial charge in [0.15, 0.2) is 6.23 Å². The third-order valence-corrected chi connectivity index (χ3v) is 4.59. The number of hydrogen-bond donors (Lipinski definition) is 3. The number of rotatable bonds is 6. The minimum absolute atomic E-state index is 0.152. The van der Waals surface area contributed by atoms with E-state index in [2.05, 4.69) is 4.98 Å². The maximum atomic E-state index is 11.9. The molecule has 130 valence electrons. The molecule has 11 heteroatoms. The van der Waals surface area contributed by atoms with Gasteiger partial charge in [0.2, 0.25) is 0 Å². The zero-order chi connectivity index (χ0) is 17.2. The van der Waals surface area contributed by atoms with Crippen molar-refractivity contribution in [3.63, 3.8) is 0 Å². The lowest BCUT2D eigenvalue weighted by atomic mass is 10.1. The van der Waals surface area contributed by atoms with Gasteiger partial charge in [0.25, 0.3) is 13.1 Å². The van der Waals surface area contributed by atoms with Crippen LogP contribution in [0.3, 0.4) is 0 Å². The van der Waals surface area contributed by atoms with Crippen LogP contribution in [-0.2, 0) is 18.8 Å². The number of nitrogens with zero attached hydrogens (tertiary/aromatic N) is 1. The Bertz CT molecular complexity index is 696. The predicted octanol–water partition coefficient (Wildman–Crippen LogP) is -1.00. The molecule has 1 aliphatic heterocycles. The van der Waals surface area contributed by atoms with E-state index in [-0.39, 0.29) is 12.6 Å². The predicted molar refractivity (Wildman–Crippen MR) is 80.3 cm³/mol. The molecule has 4 N–H and O–H groups in total. The van der Waals surface area contributed by atoms with Gasteiger partial charge in [-0.3, -0.25) is 24.4 Å². The van der Waals surface area contributed by atoms with E-state index in [1.165, 1.54) is 31.0 Å². The molecule has 0 spiro atoms. The number of nitrogens with two attached hydrogens (primary N) is 1. The molecule has 10 nitrogen and oxygen atoms in total. The Hall–Kier alpha value is -1.29. The van der Waals surface area contributed by atoms with E-state index < -0.39 is 43.3 Å². The van der Waals surface area contributed by atoms with E-state index in [0.29, 0.717) is 0 Å². The molecule has 23 heavy (non-hydrogen) atoms. The number of H-pyrrole nitrogens is 1. The summed E-state index contributed by atoms with van der Waals surface area (Å²) in [4.78, 5) is 34.5. The minimum atomic E-state index is -3.68. The van der Waals surface area contributed by atoms with Crippen molar-refractivity contribution in [3.05, 3.63) is 33.1 Å². The first-order valence-electron chi connectivity index (χ1n) is 6.89. The van der Waals surface area contributed by atoms with Gasteiger partial charge in [-0.25, -0.2) is 4.79 Å². The number of aromatic nitrogens is 2. The van der Waals surface area contributed by atoms with Crippen LogP contribution in [-0.4, -0.2) is 53.1 Å². The number of methoxy groups -OCH3 is 2. The van der Waals surface area contributed by atoms with Crippen LogP contribution < -0.4 is 16.8 Å². The van der Waals surface area contributed by atoms with Crippen molar-refractivity contribution in [1.82, 2.24) is 9.55 Å². The van der Waals surface area contributed by atoms with E-state index in [1.54, 1.807) is 0 Å². The number of ether oxygens (including phenoxy) is 3. The molecular weight excluding hydrogens is 329 g/mol. The maximum absolute atomic E-state index is 11.9. The zero-order valence-corrected chi connectivity index (χ0v) is 13.6. The Labute approximate surface area is 131 Å². The topological polar surface area (TPSA) is 146 Å². The van der Waals surface area contributed by atoms with Gasteiger partial charge in [0.1, 0.15) is 12.2 Å². The van der Waals surface area contributed by atoms with E-state index >= 15 is 0 Å². The molecule has 2 heterocycles. The Morgan fingerprint density at radius 3 is 2.57 bits per heavy atom. The summed E-state index contributed by atoms with van der Waals surface area (Å²) in [6, 6.07) is 1.19. The van der Waals surface area contributed by atoms with Gasteiger partial charge in [-0.05, 0) is 6.42 Å². The first kappa shape index (κ1) is 18.1. The summed E-state index contributed by atoms with van der Waals surface area (Å²) >= 11 is 0. The normalized spacial score (nSPS) is 30.3. The van der Waals surface area contributed by atoms with Crippen LogP contribution in [0, 0.1) is 0 Å². The average Bonchev–Trinajstić information content (AvgIpc) is 2.81. The molecule has 0 amide bonds. The van der Waals surface area contributed by atoms with Crippen LogP contribution in [0.4, 0.5) is 0 Å². The van der Waals surface area contributed by atoms with E-state index in [0.717, 1.165) is 0 Å². The van der Waals surface area contributed by atoms with E-state index in [4.69, 9.17) is 19.7 Å². The van der Waals surface area contributed by atoms with Crippen molar-refractivity contribution in [2.75, 3.05) is 20.4 Å². The Kier molecular flexibility index (Phi) is 5.56. The van der Waals surface area contributed by atoms with Gasteiger partial charge in [-0.15, -0.1) is 0 Å². The van der Waals surface area contributed by atoms with Crippen LogP contribution in [0.2, 0.25) is 0 Å². The lowest BCUT2D eigenvalue weighted by molar-refractivity contribution is -0.0559. The summed E-state index contributed by atoms with van der Waals surface area (Å²) < 4.78 is 29.0. The van der Waals surface area contributed by atoms with Gasteiger partial charge in [0.05, 0.1) is 6.10 Å². The monoisotopic (exact) mass is 349 g/mol. The molecule has 3 unspecified atom stereocenters. The smallest absolute Gasteiger partial charge is 0.330 e. The summed E-state index contributed by atoms with van der Waals surface area (Å²) in [6.07, 6.45) is -1.31. The van der Waals surface area contributed by atoms with Gasteiger partial charge in [0, 0.05) is 32.6 Å². The third-order valence-electron chi connectivity index (χ3n) is 3.69. The summed E-state index contributed by atoms with van der Waals surface area (Å²) in [5, 5.41) is 0. The average molecular weight is 349 g/mol. The molecule has 1 saturated heterocycles. The molecule has 1 fully saturated rings. The van der Waals surface area contributed by atoms with E-state index in [1.807, 2.05) is 0 Å². The second-order valence-electron chi connectivity index (χ2n) is 5.25. The van der Waals surface area contributed by atoms with E-state index in [9.17, 15) is 19.0 Å².